The van der Waals surface area contributed by atoms with Crippen molar-refractivity contribution in [2.24, 2.45) is 0 Å². The van der Waals surface area contributed by atoms with Gasteiger partial charge in [-0.2, -0.15) is 0 Å². The fourth-order valence-corrected chi connectivity index (χ4v) is 1.16. The minimum absolute atomic E-state index is 0.0636. The predicted octanol–water partition coefficient (Wildman–Crippen LogP) is -0.525. The third-order valence-corrected chi connectivity index (χ3v) is 2.10. The standard InChI is InChI=1S/C13H24N2O5/c1-3-13(17)15-5-7-19-9-11-20-10-8-18-6-4-14-12(2)16/h3H,1,4-11H2,2H3,(H,14,16)(H,15,17). The first-order valence-corrected chi connectivity index (χ1v) is 6.54. The van der Waals surface area contributed by atoms with Crippen LogP contribution in [-0.4, -0.2) is 64.5 Å². The van der Waals surface area contributed by atoms with E-state index < -0.39 is 0 Å². The molecule has 7 heteroatoms. The molecule has 0 atom stereocenters. The zero-order chi connectivity index (χ0) is 15.1. The maximum atomic E-state index is 10.8. The van der Waals surface area contributed by atoms with Gasteiger partial charge in [0.1, 0.15) is 0 Å². The average molecular weight is 288 g/mol. The lowest BCUT2D eigenvalue weighted by molar-refractivity contribution is -0.119. The number of rotatable bonds is 13. The third-order valence-electron chi connectivity index (χ3n) is 2.10. The fraction of sp³-hybridized carbons (Fsp3) is 0.692. The van der Waals surface area contributed by atoms with Gasteiger partial charge in [-0.1, -0.05) is 6.58 Å². The Bertz CT molecular complexity index is 284. The van der Waals surface area contributed by atoms with E-state index in [-0.39, 0.29) is 11.8 Å². The summed E-state index contributed by atoms with van der Waals surface area (Å²) in [6.07, 6.45) is 1.22. The first kappa shape index (κ1) is 18.6. The number of amides is 2. The topological polar surface area (TPSA) is 85.9 Å². The van der Waals surface area contributed by atoms with Crippen molar-refractivity contribution in [2.75, 3.05) is 52.7 Å². The van der Waals surface area contributed by atoms with E-state index in [4.69, 9.17) is 14.2 Å². The summed E-state index contributed by atoms with van der Waals surface area (Å²) in [7, 11) is 0. The number of hydrogen-bond donors (Lipinski definition) is 2. The second-order valence-electron chi connectivity index (χ2n) is 3.82. The molecular weight excluding hydrogens is 264 g/mol. The molecule has 0 spiro atoms. The van der Waals surface area contributed by atoms with Crippen LogP contribution in [0.3, 0.4) is 0 Å². The van der Waals surface area contributed by atoms with Crippen LogP contribution in [0.15, 0.2) is 12.7 Å². The molecule has 116 valence electrons. The second-order valence-corrected chi connectivity index (χ2v) is 3.82. The average Bonchev–Trinajstić information content (AvgIpc) is 2.43. The van der Waals surface area contributed by atoms with Crippen LogP contribution in [0.5, 0.6) is 0 Å². The molecule has 0 aliphatic carbocycles. The molecule has 20 heavy (non-hydrogen) atoms. The summed E-state index contributed by atoms with van der Waals surface area (Å²) < 4.78 is 15.7. The Morgan fingerprint density at radius 1 is 0.900 bits per heavy atom. The van der Waals surface area contributed by atoms with Gasteiger partial charge in [0.05, 0.1) is 39.6 Å². The Labute approximate surface area is 119 Å². The summed E-state index contributed by atoms with van der Waals surface area (Å²) in [5.74, 6) is -0.271. The van der Waals surface area contributed by atoms with Crippen molar-refractivity contribution in [1.82, 2.24) is 10.6 Å². The molecule has 0 rings (SSSR count). The number of carbonyl (C=O) groups is 2. The van der Waals surface area contributed by atoms with Crippen molar-refractivity contribution < 1.29 is 23.8 Å². The van der Waals surface area contributed by atoms with Crippen molar-refractivity contribution in [3.63, 3.8) is 0 Å². The lowest BCUT2D eigenvalue weighted by atomic mass is 10.5. The normalized spacial score (nSPS) is 10.1. The highest BCUT2D eigenvalue weighted by atomic mass is 16.5. The summed E-state index contributed by atoms with van der Waals surface area (Å²) in [5, 5.41) is 5.23. The second kappa shape index (κ2) is 14.0. The lowest BCUT2D eigenvalue weighted by Crippen LogP contribution is -2.26. The molecular formula is C13H24N2O5. The predicted molar refractivity (Wildman–Crippen MR) is 74.3 cm³/mol. The molecule has 0 fully saturated rings. The Morgan fingerprint density at radius 2 is 1.35 bits per heavy atom. The Morgan fingerprint density at radius 3 is 1.80 bits per heavy atom. The molecule has 0 saturated heterocycles. The van der Waals surface area contributed by atoms with Crippen molar-refractivity contribution in [1.29, 1.82) is 0 Å². The van der Waals surface area contributed by atoms with Crippen molar-refractivity contribution >= 4 is 11.8 Å². The summed E-state index contributed by atoms with van der Waals surface area (Å²) in [6, 6.07) is 0. The Balaban J connectivity index is 3.04. The lowest BCUT2D eigenvalue weighted by Gasteiger charge is -2.07. The van der Waals surface area contributed by atoms with Crippen molar-refractivity contribution in [2.45, 2.75) is 6.92 Å². The molecule has 0 heterocycles. The summed E-state index contributed by atoms with van der Waals surface area (Å²) in [6.45, 7) is 8.59. The van der Waals surface area contributed by atoms with Gasteiger partial charge >= 0.3 is 0 Å². The van der Waals surface area contributed by atoms with Gasteiger partial charge in [-0.15, -0.1) is 0 Å². The van der Waals surface area contributed by atoms with Gasteiger partial charge in [0.15, 0.2) is 0 Å². The molecule has 0 saturated carbocycles. The highest BCUT2D eigenvalue weighted by Crippen LogP contribution is 1.81. The van der Waals surface area contributed by atoms with Crippen molar-refractivity contribution in [3.8, 4) is 0 Å². The Hall–Kier alpha value is -1.44. The minimum atomic E-state index is -0.207. The van der Waals surface area contributed by atoms with Gasteiger partial charge in [0, 0.05) is 20.0 Å². The molecule has 0 aromatic carbocycles. The smallest absolute Gasteiger partial charge is 0.243 e. The molecule has 2 N–H and O–H groups in total. The molecule has 0 aliphatic rings. The Kier molecular flexibility index (Phi) is 13.0. The number of hydrogen-bond acceptors (Lipinski definition) is 5. The zero-order valence-electron chi connectivity index (χ0n) is 12.0. The first-order valence-electron chi connectivity index (χ1n) is 6.54. The van der Waals surface area contributed by atoms with Crippen LogP contribution >= 0.6 is 0 Å². The van der Waals surface area contributed by atoms with E-state index in [2.05, 4.69) is 17.2 Å². The highest BCUT2D eigenvalue weighted by Gasteiger charge is 1.94. The summed E-state index contributed by atoms with van der Waals surface area (Å²) >= 11 is 0. The molecule has 7 nitrogen and oxygen atoms in total. The SMILES string of the molecule is C=CC(=O)NCCOCCOCCOCCNC(C)=O. The van der Waals surface area contributed by atoms with E-state index in [0.29, 0.717) is 52.7 Å². The maximum Gasteiger partial charge on any atom is 0.243 e. The quantitative estimate of drug-likeness (QED) is 0.352. The van der Waals surface area contributed by atoms with E-state index in [1.165, 1.54) is 13.0 Å². The van der Waals surface area contributed by atoms with Gasteiger partial charge < -0.3 is 24.8 Å². The van der Waals surface area contributed by atoms with Crippen molar-refractivity contribution in [3.05, 3.63) is 12.7 Å². The van der Waals surface area contributed by atoms with Crippen LogP contribution in [0.1, 0.15) is 6.92 Å². The molecule has 0 aliphatic heterocycles. The largest absolute Gasteiger partial charge is 0.377 e. The number of nitrogens with one attached hydrogen (secondary N) is 2. The summed E-state index contributed by atoms with van der Waals surface area (Å²) in [4.78, 5) is 21.3. The van der Waals surface area contributed by atoms with Crippen LogP contribution in [0, 0.1) is 0 Å². The van der Waals surface area contributed by atoms with Crippen LogP contribution in [-0.2, 0) is 23.8 Å². The van der Waals surface area contributed by atoms with E-state index in [1.54, 1.807) is 0 Å². The van der Waals surface area contributed by atoms with Gasteiger partial charge in [0.25, 0.3) is 0 Å². The molecule has 0 unspecified atom stereocenters. The molecule has 0 radical (unpaired) electrons. The van der Waals surface area contributed by atoms with Gasteiger partial charge in [0.2, 0.25) is 11.8 Å². The molecule has 0 bridgehead atoms. The van der Waals surface area contributed by atoms with E-state index in [1.807, 2.05) is 0 Å². The van der Waals surface area contributed by atoms with E-state index >= 15 is 0 Å². The third kappa shape index (κ3) is 14.6. The van der Waals surface area contributed by atoms with Crippen LogP contribution in [0.25, 0.3) is 0 Å². The van der Waals surface area contributed by atoms with Gasteiger partial charge in [-0.05, 0) is 6.08 Å². The zero-order valence-corrected chi connectivity index (χ0v) is 12.0. The number of ether oxygens (including phenoxy) is 3. The minimum Gasteiger partial charge on any atom is -0.377 e. The van der Waals surface area contributed by atoms with Crippen LogP contribution in [0.2, 0.25) is 0 Å². The number of carbonyl (C=O) groups excluding carboxylic acids is 2. The molecule has 0 aromatic heterocycles. The van der Waals surface area contributed by atoms with Gasteiger partial charge in [-0.25, -0.2) is 0 Å². The van der Waals surface area contributed by atoms with Crippen LogP contribution in [0.4, 0.5) is 0 Å². The fourth-order valence-electron chi connectivity index (χ4n) is 1.16. The van der Waals surface area contributed by atoms with Gasteiger partial charge in [-0.3, -0.25) is 9.59 Å². The highest BCUT2D eigenvalue weighted by molar-refractivity contribution is 5.86. The molecule has 0 aromatic rings. The van der Waals surface area contributed by atoms with E-state index in [9.17, 15) is 9.59 Å². The summed E-state index contributed by atoms with van der Waals surface area (Å²) in [5.41, 5.74) is 0. The monoisotopic (exact) mass is 288 g/mol. The maximum absolute atomic E-state index is 10.8. The van der Waals surface area contributed by atoms with Crippen LogP contribution < -0.4 is 10.6 Å². The van der Waals surface area contributed by atoms with E-state index in [0.717, 1.165) is 0 Å². The molecule has 2 amide bonds. The first-order chi connectivity index (χ1) is 9.66.